The topological polar surface area (TPSA) is 74.4 Å². The van der Waals surface area contributed by atoms with E-state index in [9.17, 15) is 9.59 Å². The van der Waals surface area contributed by atoms with Crippen molar-refractivity contribution in [3.05, 3.63) is 24.0 Å². The number of carbonyl (C=O) groups is 2. The molecule has 0 radical (unpaired) electrons. The van der Waals surface area contributed by atoms with Crippen molar-refractivity contribution in [2.24, 2.45) is 5.92 Å². The number of carbonyl (C=O) groups excluding carboxylic acids is 2. The van der Waals surface area contributed by atoms with Crippen LogP contribution in [0.2, 0.25) is 0 Å². The van der Waals surface area contributed by atoms with Crippen molar-refractivity contribution >= 4 is 11.9 Å². The van der Waals surface area contributed by atoms with Gasteiger partial charge >= 0.3 is 6.09 Å². The lowest BCUT2D eigenvalue weighted by molar-refractivity contribution is 0.0166. The van der Waals surface area contributed by atoms with E-state index < -0.39 is 5.60 Å². The average molecular weight is 321 g/mol. The minimum atomic E-state index is -0.468. The lowest BCUT2D eigenvalue weighted by Gasteiger charge is -2.34. The minimum absolute atomic E-state index is 0.0507. The van der Waals surface area contributed by atoms with E-state index in [1.165, 1.54) is 0 Å². The molecule has 1 fully saturated rings. The molecule has 1 unspecified atom stereocenters. The van der Waals surface area contributed by atoms with Gasteiger partial charge in [0.2, 0.25) is 0 Å². The highest BCUT2D eigenvalue weighted by Gasteiger charge is 2.27. The number of piperidine rings is 1. The number of ether oxygens (including phenoxy) is 1. The van der Waals surface area contributed by atoms with Crippen molar-refractivity contribution in [3.8, 4) is 0 Å². The van der Waals surface area contributed by atoms with E-state index in [1.54, 1.807) is 17.2 Å². The molecule has 0 bridgehead atoms. The van der Waals surface area contributed by atoms with Crippen molar-refractivity contribution in [2.45, 2.75) is 39.2 Å². The third-order valence-electron chi connectivity index (χ3n) is 3.79. The van der Waals surface area contributed by atoms with E-state index in [4.69, 9.17) is 4.74 Å². The first kappa shape index (κ1) is 17.5. The lowest BCUT2D eigenvalue weighted by Crippen LogP contribution is -2.45. The summed E-state index contributed by atoms with van der Waals surface area (Å²) in [5, 5.41) is 3.20. The van der Waals surface area contributed by atoms with Gasteiger partial charge in [0, 0.05) is 25.8 Å². The molecule has 1 aliphatic rings. The number of nitrogens with zero attached hydrogens (tertiary/aromatic N) is 1. The molecule has 2 rings (SSSR count). The molecule has 6 heteroatoms. The van der Waals surface area contributed by atoms with Gasteiger partial charge in [-0.05, 0) is 51.7 Å². The first-order valence-corrected chi connectivity index (χ1v) is 8.20. The number of H-pyrrole nitrogens is 1. The van der Waals surface area contributed by atoms with Crippen molar-refractivity contribution in [2.75, 3.05) is 26.2 Å². The number of nitrogens with one attached hydrogen (secondary N) is 2. The normalized spacial score (nSPS) is 18.7. The van der Waals surface area contributed by atoms with Crippen LogP contribution in [0.3, 0.4) is 0 Å². The molecule has 1 atom stereocenters. The zero-order valence-electron chi connectivity index (χ0n) is 14.2. The fourth-order valence-corrected chi connectivity index (χ4v) is 2.71. The number of aromatic nitrogens is 1. The molecule has 1 aromatic rings. The molecule has 1 saturated heterocycles. The highest BCUT2D eigenvalue weighted by molar-refractivity contribution is 5.95. The maximum absolute atomic E-state index is 12.1. The van der Waals surface area contributed by atoms with Crippen molar-refractivity contribution in [1.29, 1.82) is 0 Å². The molecular weight excluding hydrogens is 294 g/mol. The maximum atomic E-state index is 12.1. The Morgan fingerprint density at radius 1 is 1.43 bits per heavy atom. The van der Waals surface area contributed by atoms with E-state index in [2.05, 4.69) is 10.3 Å². The van der Waals surface area contributed by atoms with E-state index in [0.29, 0.717) is 24.7 Å². The number of likely N-dealkylation sites (tertiary alicyclic amines) is 1. The number of hydrogen-bond donors (Lipinski definition) is 2. The van der Waals surface area contributed by atoms with Crippen LogP contribution in [0, 0.1) is 5.92 Å². The first-order chi connectivity index (χ1) is 10.8. The summed E-state index contributed by atoms with van der Waals surface area (Å²) in [5.74, 6) is 0.405. The van der Waals surface area contributed by atoms with Gasteiger partial charge in [0.1, 0.15) is 5.60 Å². The van der Waals surface area contributed by atoms with Gasteiger partial charge in [-0.1, -0.05) is 0 Å². The third-order valence-corrected chi connectivity index (χ3v) is 3.79. The number of amides is 1. The van der Waals surface area contributed by atoms with E-state index >= 15 is 0 Å². The van der Waals surface area contributed by atoms with Gasteiger partial charge in [0.25, 0.3) is 0 Å². The second kappa shape index (κ2) is 7.64. The number of hydrogen-bond acceptors (Lipinski definition) is 4. The van der Waals surface area contributed by atoms with Crippen LogP contribution in [0.1, 0.15) is 44.1 Å². The summed E-state index contributed by atoms with van der Waals surface area (Å²) in [6, 6.07) is 3.59. The Morgan fingerprint density at radius 3 is 2.87 bits per heavy atom. The summed E-state index contributed by atoms with van der Waals surface area (Å²) in [6.07, 6.45) is 3.52. The molecule has 2 heterocycles. The number of ketones is 1. The number of rotatable bonds is 5. The fourth-order valence-electron chi connectivity index (χ4n) is 2.71. The van der Waals surface area contributed by atoms with Crippen LogP contribution in [0.15, 0.2) is 18.3 Å². The Kier molecular flexibility index (Phi) is 5.82. The molecule has 1 aliphatic heterocycles. The Morgan fingerprint density at radius 2 is 2.22 bits per heavy atom. The first-order valence-electron chi connectivity index (χ1n) is 8.20. The highest BCUT2D eigenvalue weighted by atomic mass is 16.6. The van der Waals surface area contributed by atoms with Crippen LogP contribution in [0.5, 0.6) is 0 Å². The van der Waals surface area contributed by atoms with Crippen molar-refractivity contribution in [3.63, 3.8) is 0 Å². The molecule has 6 nitrogen and oxygen atoms in total. The monoisotopic (exact) mass is 321 g/mol. The summed E-state index contributed by atoms with van der Waals surface area (Å²) in [7, 11) is 0. The van der Waals surface area contributed by atoms with Crippen molar-refractivity contribution in [1.82, 2.24) is 15.2 Å². The Balaban J connectivity index is 1.73. The van der Waals surface area contributed by atoms with Crippen molar-refractivity contribution < 1.29 is 14.3 Å². The second-order valence-corrected chi connectivity index (χ2v) is 7.07. The summed E-state index contributed by atoms with van der Waals surface area (Å²) in [6.45, 7) is 8.08. The smallest absolute Gasteiger partial charge is 0.410 e. The van der Waals surface area contributed by atoms with Gasteiger partial charge in [-0.25, -0.2) is 4.79 Å². The van der Waals surface area contributed by atoms with Gasteiger partial charge in [-0.15, -0.1) is 0 Å². The van der Waals surface area contributed by atoms with Crippen LogP contribution in [0.4, 0.5) is 4.79 Å². The Labute approximate surface area is 137 Å². The lowest BCUT2D eigenvalue weighted by atomic mass is 9.98. The zero-order valence-corrected chi connectivity index (χ0v) is 14.2. The second-order valence-electron chi connectivity index (χ2n) is 7.07. The molecule has 23 heavy (non-hydrogen) atoms. The van der Waals surface area contributed by atoms with Crippen LogP contribution >= 0.6 is 0 Å². The number of aromatic amines is 1. The molecule has 1 aromatic heterocycles. The quantitative estimate of drug-likeness (QED) is 0.817. The summed E-state index contributed by atoms with van der Waals surface area (Å²) in [5.41, 5.74) is 0.154. The van der Waals surface area contributed by atoms with Crippen LogP contribution < -0.4 is 5.32 Å². The highest BCUT2D eigenvalue weighted by Crippen LogP contribution is 2.18. The molecule has 1 amide bonds. The van der Waals surface area contributed by atoms with Crippen LogP contribution in [-0.4, -0.2) is 53.5 Å². The maximum Gasteiger partial charge on any atom is 0.410 e. The molecule has 2 N–H and O–H groups in total. The minimum Gasteiger partial charge on any atom is -0.444 e. The SMILES string of the molecule is CC(C)(C)OC(=O)N1CCCC(CNCC(=O)c2ccc[nH]2)C1. The Hall–Kier alpha value is -1.82. The summed E-state index contributed by atoms with van der Waals surface area (Å²) >= 11 is 0. The van der Waals surface area contributed by atoms with Crippen LogP contribution in [0.25, 0.3) is 0 Å². The van der Waals surface area contributed by atoms with Gasteiger partial charge in [-0.3, -0.25) is 4.79 Å². The zero-order chi connectivity index (χ0) is 16.9. The molecule has 0 aliphatic carbocycles. The third kappa shape index (κ3) is 5.71. The van der Waals surface area contributed by atoms with E-state index in [1.807, 2.05) is 26.8 Å². The van der Waals surface area contributed by atoms with Crippen LogP contribution in [-0.2, 0) is 4.74 Å². The van der Waals surface area contributed by atoms with Gasteiger partial charge in [0.05, 0.1) is 12.2 Å². The van der Waals surface area contributed by atoms with E-state index in [0.717, 1.165) is 25.9 Å². The average Bonchev–Trinajstić information content (AvgIpc) is 3.00. The van der Waals surface area contributed by atoms with Gasteiger partial charge in [0.15, 0.2) is 5.78 Å². The van der Waals surface area contributed by atoms with Gasteiger partial charge in [-0.2, -0.15) is 0 Å². The fraction of sp³-hybridized carbons (Fsp3) is 0.647. The standard InChI is InChI=1S/C17H27N3O3/c1-17(2,3)23-16(22)20-9-5-6-13(12-20)10-18-11-15(21)14-7-4-8-19-14/h4,7-8,13,18-19H,5-6,9-12H2,1-3H3. The predicted octanol–water partition coefficient (Wildman–Crippen LogP) is 2.43. The van der Waals surface area contributed by atoms with Gasteiger partial charge < -0.3 is 19.9 Å². The largest absolute Gasteiger partial charge is 0.444 e. The molecule has 0 saturated carbocycles. The molecule has 0 aromatic carbocycles. The predicted molar refractivity (Wildman–Crippen MR) is 88.5 cm³/mol. The van der Waals surface area contributed by atoms with E-state index in [-0.39, 0.29) is 11.9 Å². The molecule has 128 valence electrons. The summed E-state index contributed by atoms with van der Waals surface area (Å²) < 4.78 is 5.43. The number of Topliss-reactive ketones (excluding diaryl/α,β-unsaturated/α-hetero) is 1. The molecule has 0 spiro atoms. The molecular formula is C17H27N3O3. The Bertz CT molecular complexity index is 520. The summed E-state index contributed by atoms with van der Waals surface area (Å²) in [4.78, 5) is 28.7.